The van der Waals surface area contributed by atoms with Gasteiger partial charge in [-0.2, -0.15) is 0 Å². The number of benzene rings is 2. The summed E-state index contributed by atoms with van der Waals surface area (Å²) in [5.74, 6) is -2.57. The van der Waals surface area contributed by atoms with Crippen molar-refractivity contribution in [2.45, 2.75) is 69.1 Å². The van der Waals surface area contributed by atoms with Crippen LogP contribution in [0.3, 0.4) is 0 Å². The number of fused-ring (bicyclic) bond motifs is 2. The predicted octanol–water partition coefficient (Wildman–Crippen LogP) is 1.94. The number of rotatable bonds is 14. The number of nitrogens with zero attached hydrogens (tertiary/aromatic N) is 1. The summed E-state index contributed by atoms with van der Waals surface area (Å²) in [5, 5.41) is 17.3. The van der Waals surface area contributed by atoms with Gasteiger partial charge in [-0.1, -0.05) is 36.4 Å². The van der Waals surface area contributed by atoms with Crippen LogP contribution in [0.4, 0.5) is 0 Å². The van der Waals surface area contributed by atoms with Gasteiger partial charge in [0.2, 0.25) is 17.7 Å². The van der Waals surface area contributed by atoms with Crippen molar-refractivity contribution in [3.05, 3.63) is 72.1 Å². The number of carbonyl (C=O) groups excluding carboxylic acids is 3. The van der Waals surface area contributed by atoms with Crippen molar-refractivity contribution in [1.82, 2.24) is 25.5 Å². The number of carboxylic acid groups (broad SMARTS) is 1. The fourth-order valence-corrected chi connectivity index (χ4v) is 6.16. The molecule has 1 fully saturated rings. The molecular weight excluding hydrogens is 574 g/mol. The van der Waals surface area contributed by atoms with Gasteiger partial charge in [0.15, 0.2) is 0 Å². The van der Waals surface area contributed by atoms with Crippen molar-refractivity contribution in [1.29, 1.82) is 0 Å². The minimum absolute atomic E-state index is 0.0633. The van der Waals surface area contributed by atoms with E-state index in [0.717, 1.165) is 32.9 Å². The number of H-pyrrole nitrogens is 2. The second-order valence-corrected chi connectivity index (χ2v) is 11.7. The molecule has 0 bridgehead atoms. The Labute approximate surface area is 260 Å². The Kier molecular flexibility index (Phi) is 10.2. The van der Waals surface area contributed by atoms with E-state index >= 15 is 0 Å². The van der Waals surface area contributed by atoms with Crippen molar-refractivity contribution in [2.24, 2.45) is 11.5 Å². The van der Waals surface area contributed by atoms with Crippen molar-refractivity contribution >= 4 is 45.5 Å². The molecule has 1 aliphatic rings. The molecule has 2 aromatic heterocycles. The van der Waals surface area contributed by atoms with Crippen LogP contribution < -0.4 is 22.1 Å². The molecule has 45 heavy (non-hydrogen) atoms. The zero-order valence-electron chi connectivity index (χ0n) is 25.1. The highest BCUT2D eigenvalue weighted by atomic mass is 16.4. The van der Waals surface area contributed by atoms with Crippen molar-refractivity contribution < 1.29 is 24.3 Å². The first-order valence-electron chi connectivity index (χ1n) is 15.5. The minimum atomic E-state index is -1.21. The summed E-state index contributed by atoms with van der Waals surface area (Å²) in [5.41, 5.74) is 15.5. The Morgan fingerprint density at radius 2 is 1.51 bits per heavy atom. The van der Waals surface area contributed by atoms with Crippen LogP contribution in [0.15, 0.2) is 60.9 Å². The SMILES string of the molecule is NCCCCC(NC(=O)C1CCCN1C(=O)C(N)Cc1c[nH]c2ccccc12)C(=O)NC(Cc1c[nH]c2ccccc12)C(=O)O. The number of aliphatic carboxylic acids is 1. The van der Waals surface area contributed by atoms with Crippen molar-refractivity contribution in [3.8, 4) is 0 Å². The first-order valence-corrected chi connectivity index (χ1v) is 15.5. The topological polar surface area (TPSA) is 199 Å². The third-order valence-corrected chi connectivity index (χ3v) is 8.56. The van der Waals surface area contributed by atoms with E-state index < -0.39 is 42.0 Å². The fourth-order valence-electron chi connectivity index (χ4n) is 6.16. The highest BCUT2D eigenvalue weighted by Crippen LogP contribution is 2.23. The number of aromatic amines is 2. The molecule has 0 saturated carbocycles. The average molecular weight is 616 g/mol. The number of carbonyl (C=O) groups is 4. The Balaban J connectivity index is 1.25. The monoisotopic (exact) mass is 615 g/mol. The number of nitrogens with one attached hydrogen (secondary N) is 4. The summed E-state index contributed by atoms with van der Waals surface area (Å²) >= 11 is 0. The van der Waals surface area contributed by atoms with Crippen molar-refractivity contribution in [3.63, 3.8) is 0 Å². The van der Waals surface area contributed by atoms with Crippen LogP contribution in [0.5, 0.6) is 0 Å². The van der Waals surface area contributed by atoms with Crippen LogP contribution in [-0.2, 0) is 32.0 Å². The van der Waals surface area contributed by atoms with Gasteiger partial charge in [0.05, 0.1) is 6.04 Å². The second kappa shape index (κ2) is 14.4. The molecule has 4 unspecified atom stereocenters. The first-order chi connectivity index (χ1) is 21.8. The lowest BCUT2D eigenvalue weighted by Crippen LogP contribution is -2.57. The molecule has 1 saturated heterocycles. The number of aromatic nitrogens is 2. The fraction of sp³-hybridized carbons (Fsp3) is 0.394. The van der Waals surface area contributed by atoms with Crippen molar-refractivity contribution in [2.75, 3.05) is 13.1 Å². The van der Waals surface area contributed by atoms with Crippen LogP contribution in [0.25, 0.3) is 21.8 Å². The Morgan fingerprint density at radius 3 is 2.13 bits per heavy atom. The smallest absolute Gasteiger partial charge is 0.326 e. The third-order valence-electron chi connectivity index (χ3n) is 8.56. The van der Waals surface area contributed by atoms with E-state index in [9.17, 15) is 24.3 Å². The van der Waals surface area contributed by atoms with Gasteiger partial charge in [-0.15, -0.1) is 0 Å². The van der Waals surface area contributed by atoms with E-state index in [1.165, 1.54) is 4.90 Å². The molecule has 0 spiro atoms. The minimum Gasteiger partial charge on any atom is -0.480 e. The Bertz CT molecular complexity index is 1660. The van der Waals surface area contributed by atoms with Gasteiger partial charge >= 0.3 is 5.97 Å². The molecule has 5 rings (SSSR count). The maximum absolute atomic E-state index is 13.6. The number of nitrogens with two attached hydrogens (primary N) is 2. The summed E-state index contributed by atoms with van der Waals surface area (Å²) in [6.45, 7) is 0.800. The average Bonchev–Trinajstić information content (AvgIpc) is 3.79. The van der Waals surface area contributed by atoms with E-state index in [-0.39, 0.29) is 18.7 Å². The van der Waals surface area contributed by atoms with Gasteiger partial charge in [0, 0.05) is 47.2 Å². The molecule has 0 radical (unpaired) electrons. The van der Waals surface area contributed by atoms with Gasteiger partial charge in [0.25, 0.3) is 0 Å². The molecule has 4 aromatic rings. The van der Waals surface area contributed by atoms with Crippen LogP contribution in [0, 0.1) is 0 Å². The molecule has 2 aromatic carbocycles. The molecule has 4 atom stereocenters. The van der Waals surface area contributed by atoms with Crippen LogP contribution in [-0.4, -0.2) is 80.9 Å². The molecule has 12 nitrogen and oxygen atoms in total. The summed E-state index contributed by atoms with van der Waals surface area (Å²) in [6, 6.07) is 11.5. The van der Waals surface area contributed by atoms with E-state index in [0.29, 0.717) is 45.2 Å². The Morgan fingerprint density at radius 1 is 0.889 bits per heavy atom. The zero-order chi connectivity index (χ0) is 31.9. The number of amides is 3. The highest BCUT2D eigenvalue weighted by molar-refractivity contribution is 5.95. The molecular formula is C33H41N7O5. The number of para-hydroxylation sites is 2. The summed E-state index contributed by atoms with van der Waals surface area (Å²) in [7, 11) is 0. The second-order valence-electron chi connectivity index (χ2n) is 11.7. The van der Waals surface area contributed by atoms with Crippen LogP contribution >= 0.6 is 0 Å². The van der Waals surface area contributed by atoms with Gasteiger partial charge in [-0.25, -0.2) is 4.79 Å². The van der Waals surface area contributed by atoms with E-state index in [2.05, 4.69) is 20.6 Å². The van der Waals surface area contributed by atoms with Gasteiger partial charge in [-0.3, -0.25) is 14.4 Å². The molecule has 0 aliphatic carbocycles. The summed E-state index contributed by atoms with van der Waals surface area (Å²) in [4.78, 5) is 60.5. The number of hydrogen-bond donors (Lipinski definition) is 7. The third kappa shape index (κ3) is 7.35. The molecule has 3 amide bonds. The van der Waals surface area contributed by atoms with Gasteiger partial charge in [0.1, 0.15) is 18.1 Å². The predicted molar refractivity (Wildman–Crippen MR) is 171 cm³/mol. The standard InChI is InChI=1S/C33H41N7O5/c34-14-6-5-12-27(30(41)39-28(33(44)45)17-21-19-37-26-11-4-2-9-23(21)26)38-31(42)29-13-7-15-40(29)32(43)24(35)16-20-18-36-25-10-3-1-8-22(20)25/h1-4,8-11,18-19,24,27-29,36-37H,5-7,12-17,34-35H2,(H,38,42)(H,39,41)(H,44,45). The largest absolute Gasteiger partial charge is 0.480 e. The van der Waals surface area contributed by atoms with Crippen LogP contribution in [0.2, 0.25) is 0 Å². The number of hydrogen-bond acceptors (Lipinski definition) is 6. The van der Waals surface area contributed by atoms with E-state index in [1.807, 2.05) is 54.7 Å². The molecule has 12 heteroatoms. The lowest BCUT2D eigenvalue weighted by atomic mass is 10.0. The maximum atomic E-state index is 13.6. The first kappa shape index (κ1) is 31.7. The number of likely N-dealkylation sites (tertiary alicyclic amines) is 1. The van der Waals surface area contributed by atoms with Gasteiger partial charge < -0.3 is 42.1 Å². The summed E-state index contributed by atoms with van der Waals surface area (Å²) < 4.78 is 0. The van der Waals surface area contributed by atoms with E-state index in [1.54, 1.807) is 6.20 Å². The van der Waals surface area contributed by atoms with Gasteiger partial charge in [-0.05, 0) is 68.3 Å². The molecule has 238 valence electrons. The van der Waals surface area contributed by atoms with E-state index in [4.69, 9.17) is 11.5 Å². The molecule has 1 aliphatic heterocycles. The Hall–Kier alpha value is -4.68. The summed E-state index contributed by atoms with van der Waals surface area (Å²) in [6.07, 6.45) is 6.48. The lowest BCUT2D eigenvalue weighted by Gasteiger charge is -2.28. The molecule has 3 heterocycles. The molecule has 9 N–H and O–H groups in total. The van der Waals surface area contributed by atoms with Crippen LogP contribution in [0.1, 0.15) is 43.2 Å². The quantitative estimate of drug-likeness (QED) is 0.105. The highest BCUT2D eigenvalue weighted by Gasteiger charge is 2.38. The number of unbranched alkanes of at least 4 members (excludes halogenated alkanes) is 1. The maximum Gasteiger partial charge on any atom is 0.326 e. The zero-order valence-corrected chi connectivity index (χ0v) is 25.1. The normalized spacial score (nSPS) is 16.8. The number of carboxylic acids is 1. The lowest BCUT2D eigenvalue weighted by molar-refractivity contribution is -0.143.